The highest BCUT2D eigenvalue weighted by molar-refractivity contribution is 6.32. The van der Waals surface area contributed by atoms with Gasteiger partial charge < -0.3 is 15.4 Å². The predicted octanol–water partition coefficient (Wildman–Crippen LogP) is 2.83. The van der Waals surface area contributed by atoms with Crippen molar-refractivity contribution < 1.29 is 4.74 Å². The summed E-state index contributed by atoms with van der Waals surface area (Å²) in [5.74, 6) is 1.38. The van der Waals surface area contributed by atoms with E-state index in [1.165, 1.54) is 6.20 Å². The summed E-state index contributed by atoms with van der Waals surface area (Å²) in [6.07, 6.45) is 2.29. The smallest absolute Gasteiger partial charge is 0.257 e. The second kappa shape index (κ2) is 6.17. The first-order valence-electron chi connectivity index (χ1n) is 7.60. The van der Waals surface area contributed by atoms with E-state index in [0.717, 1.165) is 12.1 Å². The summed E-state index contributed by atoms with van der Waals surface area (Å²) in [5, 5.41) is 20.6. The summed E-state index contributed by atoms with van der Waals surface area (Å²) in [5.41, 5.74) is 0.615. The number of nitrogens with zero attached hydrogens (tertiary/aromatic N) is 5. The average molecular weight is 348 g/mol. The Kier molecular flexibility index (Phi) is 4.20. The van der Waals surface area contributed by atoms with Gasteiger partial charge in [-0.05, 0) is 27.2 Å². The van der Waals surface area contributed by atoms with Gasteiger partial charge in [-0.25, -0.2) is 9.67 Å². The van der Waals surface area contributed by atoms with E-state index in [0.29, 0.717) is 41.5 Å². The number of halogens is 1. The molecule has 9 heteroatoms. The number of hydrogen-bond acceptors (Lipinski definition) is 7. The van der Waals surface area contributed by atoms with Crippen molar-refractivity contribution in [3.8, 4) is 11.9 Å². The third kappa shape index (κ3) is 2.95. The molecule has 2 aromatic rings. The molecule has 1 aliphatic rings. The maximum absolute atomic E-state index is 9.39. The van der Waals surface area contributed by atoms with Gasteiger partial charge in [0.05, 0.1) is 24.6 Å². The van der Waals surface area contributed by atoms with E-state index < -0.39 is 5.54 Å². The van der Waals surface area contributed by atoms with Crippen LogP contribution in [0.25, 0.3) is 0 Å². The standard InChI is InChI=1S/C15H18ClN7O/c1-9-11-13(22-23(9)15(2,3)8-17)24-6-4-5-18-12-10(16)7-19-14(20-11)21-12/h7H,4-6H2,1-3H3,(H2,18,19,20,21). The lowest BCUT2D eigenvalue weighted by Crippen LogP contribution is -2.26. The number of anilines is 3. The van der Waals surface area contributed by atoms with Crippen LogP contribution in [-0.2, 0) is 5.54 Å². The summed E-state index contributed by atoms with van der Waals surface area (Å²) in [6, 6.07) is 2.25. The fraction of sp³-hybridized carbons (Fsp3) is 0.467. The van der Waals surface area contributed by atoms with Gasteiger partial charge in [0, 0.05) is 6.54 Å². The van der Waals surface area contributed by atoms with Gasteiger partial charge in [0.15, 0.2) is 5.82 Å². The monoisotopic (exact) mass is 347 g/mol. The third-order valence-corrected chi connectivity index (χ3v) is 4.00. The van der Waals surface area contributed by atoms with Gasteiger partial charge in [0.1, 0.15) is 16.2 Å². The van der Waals surface area contributed by atoms with Crippen LogP contribution in [0.3, 0.4) is 0 Å². The van der Waals surface area contributed by atoms with E-state index in [9.17, 15) is 5.26 Å². The Morgan fingerprint density at radius 1 is 1.46 bits per heavy atom. The molecule has 0 spiro atoms. The summed E-state index contributed by atoms with van der Waals surface area (Å²) in [6.45, 7) is 6.60. The Labute approximate surface area is 144 Å². The first-order chi connectivity index (χ1) is 11.4. The molecule has 2 aromatic heterocycles. The zero-order valence-electron chi connectivity index (χ0n) is 13.7. The van der Waals surface area contributed by atoms with Crippen LogP contribution in [0.2, 0.25) is 5.02 Å². The molecule has 8 nitrogen and oxygen atoms in total. The number of hydrogen-bond donors (Lipinski definition) is 2. The Morgan fingerprint density at radius 3 is 3.00 bits per heavy atom. The lowest BCUT2D eigenvalue weighted by atomic mass is 10.1. The van der Waals surface area contributed by atoms with E-state index >= 15 is 0 Å². The molecule has 0 aromatic carbocycles. The predicted molar refractivity (Wildman–Crippen MR) is 90.8 cm³/mol. The van der Waals surface area contributed by atoms with Crippen molar-refractivity contribution in [3.63, 3.8) is 0 Å². The molecule has 24 heavy (non-hydrogen) atoms. The van der Waals surface area contributed by atoms with Crippen LogP contribution in [0.4, 0.5) is 17.5 Å². The largest absolute Gasteiger partial charge is 0.475 e. The molecular formula is C15H18ClN7O. The first kappa shape index (κ1) is 16.3. The molecule has 3 heterocycles. The van der Waals surface area contributed by atoms with Gasteiger partial charge >= 0.3 is 0 Å². The highest BCUT2D eigenvalue weighted by Gasteiger charge is 2.28. The SMILES string of the molecule is Cc1c2c(nn1C(C)(C)C#N)OCCCNc1nc(ncc1Cl)N2. The van der Waals surface area contributed by atoms with E-state index in [1.807, 2.05) is 6.92 Å². The molecule has 1 aliphatic heterocycles. The lowest BCUT2D eigenvalue weighted by molar-refractivity contribution is 0.292. The maximum atomic E-state index is 9.39. The number of aromatic nitrogens is 4. The van der Waals surface area contributed by atoms with Crippen LogP contribution in [0.1, 0.15) is 26.0 Å². The minimum Gasteiger partial charge on any atom is -0.475 e. The van der Waals surface area contributed by atoms with Crippen molar-refractivity contribution in [2.24, 2.45) is 0 Å². The summed E-state index contributed by atoms with van der Waals surface area (Å²) in [7, 11) is 0. The molecule has 0 radical (unpaired) electrons. The fourth-order valence-electron chi connectivity index (χ4n) is 2.42. The number of fused-ring (bicyclic) bond motifs is 3. The number of ether oxygens (including phenoxy) is 1. The highest BCUT2D eigenvalue weighted by Crippen LogP contribution is 2.34. The molecular weight excluding hydrogens is 330 g/mol. The molecule has 126 valence electrons. The van der Waals surface area contributed by atoms with Crippen LogP contribution in [0.15, 0.2) is 6.20 Å². The van der Waals surface area contributed by atoms with Crippen LogP contribution < -0.4 is 15.4 Å². The molecule has 0 saturated carbocycles. The molecule has 0 unspecified atom stereocenters. The number of nitriles is 1. The Balaban J connectivity index is 2.08. The van der Waals surface area contributed by atoms with E-state index in [1.54, 1.807) is 18.5 Å². The topological polar surface area (TPSA) is 101 Å². The quantitative estimate of drug-likeness (QED) is 0.817. The zero-order valence-corrected chi connectivity index (χ0v) is 14.5. The van der Waals surface area contributed by atoms with Crippen LogP contribution >= 0.6 is 11.6 Å². The minimum atomic E-state index is -0.799. The summed E-state index contributed by atoms with van der Waals surface area (Å²) >= 11 is 6.11. The van der Waals surface area contributed by atoms with E-state index in [4.69, 9.17) is 16.3 Å². The van der Waals surface area contributed by atoms with Crippen molar-refractivity contribution in [1.82, 2.24) is 19.7 Å². The highest BCUT2D eigenvalue weighted by atomic mass is 35.5. The molecule has 0 atom stereocenters. The van der Waals surface area contributed by atoms with Crippen molar-refractivity contribution in [1.29, 1.82) is 5.26 Å². The second-order valence-corrected chi connectivity index (χ2v) is 6.40. The number of nitrogens with one attached hydrogen (secondary N) is 2. The molecule has 0 saturated heterocycles. The summed E-state index contributed by atoms with van der Waals surface area (Å²) in [4.78, 5) is 8.58. The fourth-order valence-corrected chi connectivity index (χ4v) is 2.58. The van der Waals surface area contributed by atoms with Crippen molar-refractivity contribution in [3.05, 3.63) is 16.9 Å². The van der Waals surface area contributed by atoms with Gasteiger partial charge in [-0.3, -0.25) is 0 Å². The maximum Gasteiger partial charge on any atom is 0.257 e. The van der Waals surface area contributed by atoms with Gasteiger partial charge in [-0.2, -0.15) is 10.2 Å². The van der Waals surface area contributed by atoms with Crippen molar-refractivity contribution in [2.45, 2.75) is 32.7 Å². The van der Waals surface area contributed by atoms with Crippen molar-refractivity contribution >= 4 is 29.1 Å². The normalized spacial score (nSPS) is 14.3. The molecule has 0 aliphatic carbocycles. The number of rotatable bonds is 1. The van der Waals surface area contributed by atoms with Crippen LogP contribution in [-0.4, -0.2) is 32.9 Å². The minimum absolute atomic E-state index is 0.381. The Hall–Kier alpha value is -2.53. The Morgan fingerprint density at radius 2 is 2.25 bits per heavy atom. The van der Waals surface area contributed by atoms with Gasteiger partial charge in [0.25, 0.3) is 5.88 Å². The Bertz CT molecular complexity index is 809. The van der Waals surface area contributed by atoms with Gasteiger partial charge in [-0.15, -0.1) is 5.10 Å². The van der Waals surface area contributed by atoms with Gasteiger partial charge in [-0.1, -0.05) is 11.6 Å². The molecule has 3 rings (SSSR count). The summed E-state index contributed by atoms with van der Waals surface area (Å²) < 4.78 is 7.44. The zero-order chi connectivity index (χ0) is 17.3. The third-order valence-electron chi connectivity index (χ3n) is 3.72. The lowest BCUT2D eigenvalue weighted by Gasteiger charge is -2.18. The van der Waals surface area contributed by atoms with E-state index in [-0.39, 0.29) is 0 Å². The van der Waals surface area contributed by atoms with Crippen molar-refractivity contribution in [2.75, 3.05) is 23.8 Å². The molecule has 0 fully saturated rings. The van der Waals surface area contributed by atoms with Crippen LogP contribution in [0.5, 0.6) is 5.88 Å². The second-order valence-electron chi connectivity index (χ2n) is 5.99. The van der Waals surface area contributed by atoms with E-state index in [2.05, 4.69) is 31.8 Å². The first-order valence-corrected chi connectivity index (χ1v) is 7.98. The van der Waals surface area contributed by atoms with Gasteiger partial charge in [0.2, 0.25) is 5.95 Å². The molecule has 2 N–H and O–H groups in total. The van der Waals surface area contributed by atoms with Crippen LogP contribution in [0, 0.1) is 18.3 Å². The molecule has 0 amide bonds. The average Bonchev–Trinajstić information content (AvgIpc) is 2.85. The molecule has 2 bridgehead atoms.